The minimum atomic E-state index is -4.29. The fraction of sp³-hybridized carbons (Fsp3) is 0.450. The largest absolute Gasteiger partial charge is 0.369 e. The monoisotopic (exact) mass is 472 g/mol. The fourth-order valence-electron chi connectivity index (χ4n) is 4.29. The van der Waals surface area contributed by atoms with Gasteiger partial charge in [0.05, 0.1) is 10.7 Å². The molecule has 2 aromatic rings. The third kappa shape index (κ3) is 4.10. The Morgan fingerprint density at radius 3 is 2.67 bits per heavy atom. The minimum absolute atomic E-state index is 0.0659. The van der Waals surface area contributed by atoms with Gasteiger partial charge in [0.25, 0.3) is 10.0 Å². The van der Waals surface area contributed by atoms with Gasteiger partial charge in [0.15, 0.2) is 5.82 Å². The lowest BCUT2D eigenvalue weighted by Gasteiger charge is -2.52. The second-order valence-electron chi connectivity index (χ2n) is 8.17. The van der Waals surface area contributed by atoms with Crippen LogP contribution in [0.25, 0.3) is 0 Å². The van der Waals surface area contributed by atoms with Crippen molar-refractivity contribution in [2.24, 2.45) is 5.41 Å². The van der Waals surface area contributed by atoms with Crippen LogP contribution in [0.4, 0.5) is 15.9 Å². The average Bonchev–Trinajstić information content (AvgIpc) is 2.86. The van der Waals surface area contributed by atoms with Gasteiger partial charge in [-0.3, -0.25) is 4.72 Å². The van der Waals surface area contributed by atoms with Gasteiger partial charge in [0.2, 0.25) is 0 Å². The van der Waals surface area contributed by atoms with Crippen LogP contribution in [-0.4, -0.2) is 51.5 Å². The Bertz CT molecular complexity index is 1050. The maximum Gasteiger partial charge on any atom is 0.267 e. The number of anilines is 2. The van der Waals surface area contributed by atoms with Crippen molar-refractivity contribution >= 4 is 44.7 Å². The molecule has 0 radical (unpaired) electrons. The van der Waals surface area contributed by atoms with Crippen LogP contribution < -0.4 is 9.62 Å². The highest BCUT2D eigenvalue weighted by atomic mass is 35.5. The van der Waals surface area contributed by atoms with Crippen LogP contribution in [0.2, 0.25) is 10.0 Å². The molecular weight excluding hydrogens is 450 g/mol. The smallest absolute Gasteiger partial charge is 0.267 e. The van der Waals surface area contributed by atoms with Gasteiger partial charge in [0.1, 0.15) is 15.7 Å². The van der Waals surface area contributed by atoms with E-state index in [0.717, 1.165) is 45.4 Å². The van der Waals surface area contributed by atoms with E-state index in [9.17, 15) is 8.42 Å². The summed E-state index contributed by atoms with van der Waals surface area (Å²) in [5, 5.41) is -0.446. The van der Waals surface area contributed by atoms with E-state index >= 15 is 4.39 Å². The number of hydrogen-bond donors (Lipinski definition) is 1. The molecule has 0 atom stereocenters. The molecule has 6 nitrogen and oxygen atoms in total. The summed E-state index contributed by atoms with van der Waals surface area (Å²) in [4.78, 5) is 7.53. The molecule has 1 N–H and O–H groups in total. The van der Waals surface area contributed by atoms with Gasteiger partial charge in [-0.2, -0.15) is 0 Å². The summed E-state index contributed by atoms with van der Waals surface area (Å²) >= 11 is 12.5. The molecule has 2 fully saturated rings. The number of rotatable bonds is 4. The maximum atomic E-state index is 15.1. The predicted octanol–water partition coefficient (Wildman–Crippen LogP) is 4.25. The van der Waals surface area contributed by atoms with Crippen LogP contribution in [0, 0.1) is 11.2 Å². The molecule has 0 bridgehead atoms. The highest BCUT2D eigenvalue weighted by molar-refractivity contribution is 7.92. The van der Waals surface area contributed by atoms with E-state index in [1.54, 1.807) is 12.1 Å². The summed E-state index contributed by atoms with van der Waals surface area (Å²) < 4.78 is 42.8. The summed E-state index contributed by atoms with van der Waals surface area (Å²) in [7, 11) is -2.17. The normalized spacial score (nSPS) is 19.4. The van der Waals surface area contributed by atoms with Crippen molar-refractivity contribution in [1.82, 2.24) is 9.88 Å². The first-order chi connectivity index (χ1) is 14.2. The molecule has 2 saturated heterocycles. The van der Waals surface area contributed by atoms with E-state index in [2.05, 4.69) is 21.7 Å². The summed E-state index contributed by atoms with van der Waals surface area (Å²) in [5.74, 6) is -0.986. The molecule has 3 heterocycles. The van der Waals surface area contributed by atoms with Crippen LogP contribution >= 0.6 is 23.2 Å². The van der Waals surface area contributed by atoms with Crippen LogP contribution in [-0.2, 0) is 10.0 Å². The molecule has 0 amide bonds. The Labute approximate surface area is 186 Å². The van der Waals surface area contributed by atoms with Gasteiger partial charge in [-0.15, -0.1) is 0 Å². The zero-order chi connectivity index (χ0) is 21.5. The second kappa shape index (κ2) is 8.15. The Kier molecular flexibility index (Phi) is 5.87. The van der Waals surface area contributed by atoms with Crippen LogP contribution in [0.1, 0.15) is 19.3 Å². The lowest BCUT2D eigenvalue weighted by Crippen LogP contribution is -2.57. The summed E-state index contributed by atoms with van der Waals surface area (Å²) in [6.07, 6.45) is 4.75. The molecular formula is C20H23Cl2FN4O2S. The molecule has 1 spiro atoms. The topological polar surface area (TPSA) is 65.5 Å². The van der Waals surface area contributed by atoms with Gasteiger partial charge in [0, 0.05) is 24.7 Å². The van der Waals surface area contributed by atoms with Crippen molar-refractivity contribution in [3.63, 3.8) is 0 Å². The van der Waals surface area contributed by atoms with Crippen molar-refractivity contribution in [2.45, 2.75) is 24.2 Å². The van der Waals surface area contributed by atoms with E-state index in [-0.39, 0.29) is 21.3 Å². The van der Waals surface area contributed by atoms with Gasteiger partial charge < -0.3 is 9.80 Å². The Hall–Kier alpha value is -1.61. The number of likely N-dealkylation sites (tertiary alicyclic amines) is 1. The average molecular weight is 473 g/mol. The van der Waals surface area contributed by atoms with E-state index < -0.39 is 20.7 Å². The standard InChI is InChI=1S/C20H23Cl2FN4O2S/c1-26-9-4-6-20(7-10-26)12-27(13-20)15-11-14(21)19(18(23)17(15)22)30(28,29)25-16-5-2-3-8-24-16/h2-3,5,8,11H,4,6-7,9-10,12-13H2,1H3,(H,24,25). The van der Waals surface area contributed by atoms with E-state index in [4.69, 9.17) is 23.2 Å². The number of aromatic nitrogens is 1. The number of hydrogen-bond acceptors (Lipinski definition) is 5. The third-order valence-electron chi connectivity index (χ3n) is 5.93. The lowest BCUT2D eigenvalue weighted by atomic mass is 9.73. The maximum absolute atomic E-state index is 15.1. The molecule has 162 valence electrons. The van der Waals surface area contributed by atoms with E-state index in [0.29, 0.717) is 5.69 Å². The number of benzene rings is 1. The van der Waals surface area contributed by atoms with Crippen LogP contribution in [0.3, 0.4) is 0 Å². The number of halogens is 3. The van der Waals surface area contributed by atoms with Crippen LogP contribution in [0.5, 0.6) is 0 Å². The highest BCUT2D eigenvalue weighted by Gasteiger charge is 2.44. The second-order valence-corrected chi connectivity index (χ2v) is 10.6. The zero-order valence-corrected chi connectivity index (χ0v) is 18.9. The molecule has 10 heteroatoms. The van der Waals surface area contributed by atoms with Gasteiger partial charge >= 0.3 is 0 Å². The summed E-state index contributed by atoms with van der Waals surface area (Å²) in [6, 6.07) is 6.16. The molecule has 2 aliphatic rings. The molecule has 30 heavy (non-hydrogen) atoms. The van der Waals surface area contributed by atoms with Crippen molar-refractivity contribution in [2.75, 3.05) is 42.8 Å². The van der Waals surface area contributed by atoms with Crippen molar-refractivity contribution < 1.29 is 12.8 Å². The summed E-state index contributed by atoms with van der Waals surface area (Å²) in [5.41, 5.74) is 0.627. The molecule has 0 aliphatic carbocycles. The molecule has 4 rings (SSSR count). The molecule has 2 aliphatic heterocycles. The Morgan fingerprint density at radius 1 is 1.20 bits per heavy atom. The van der Waals surface area contributed by atoms with Gasteiger partial charge in [-0.25, -0.2) is 17.8 Å². The van der Waals surface area contributed by atoms with E-state index in [1.807, 2.05) is 4.90 Å². The summed E-state index contributed by atoms with van der Waals surface area (Å²) in [6.45, 7) is 3.63. The van der Waals surface area contributed by atoms with E-state index in [1.165, 1.54) is 18.3 Å². The number of nitrogens with one attached hydrogen (secondary N) is 1. The molecule has 1 aromatic heterocycles. The Morgan fingerprint density at radius 2 is 1.97 bits per heavy atom. The molecule has 1 aromatic carbocycles. The van der Waals surface area contributed by atoms with Crippen LogP contribution in [0.15, 0.2) is 35.4 Å². The van der Waals surface area contributed by atoms with Crippen molar-refractivity contribution in [3.8, 4) is 0 Å². The molecule has 0 saturated carbocycles. The fourth-order valence-corrected chi connectivity index (χ4v) is 6.26. The first kappa shape index (κ1) is 21.6. The number of nitrogens with zero attached hydrogens (tertiary/aromatic N) is 3. The lowest BCUT2D eigenvalue weighted by molar-refractivity contribution is 0.179. The first-order valence-corrected chi connectivity index (χ1v) is 12.0. The third-order valence-corrected chi connectivity index (χ3v) is 8.12. The number of sulfonamides is 1. The van der Waals surface area contributed by atoms with Crippen molar-refractivity contribution in [1.29, 1.82) is 0 Å². The van der Waals surface area contributed by atoms with Crippen molar-refractivity contribution in [3.05, 3.63) is 46.3 Å². The SMILES string of the molecule is CN1CCCC2(CC1)CN(c1cc(Cl)c(S(=O)(=O)Nc3ccccn3)c(F)c1Cl)C2. The quantitative estimate of drug-likeness (QED) is 0.673. The van der Waals surface area contributed by atoms with Gasteiger partial charge in [-0.05, 0) is 57.6 Å². The van der Waals surface area contributed by atoms with Gasteiger partial charge in [-0.1, -0.05) is 29.3 Å². The highest BCUT2D eigenvalue weighted by Crippen LogP contribution is 2.46. The first-order valence-electron chi connectivity index (χ1n) is 9.76. The molecule has 0 unspecified atom stereocenters. The zero-order valence-electron chi connectivity index (χ0n) is 16.5. The predicted molar refractivity (Wildman–Crippen MR) is 117 cm³/mol. The Balaban J connectivity index is 1.58. The minimum Gasteiger partial charge on any atom is -0.369 e. The number of pyridine rings is 1.